The van der Waals surface area contributed by atoms with Crippen LogP contribution in [0.1, 0.15) is 21.8 Å². The number of carbonyl (C=O) groups excluding carboxylic acids is 1. The van der Waals surface area contributed by atoms with Crippen molar-refractivity contribution in [3.8, 4) is 0 Å². The van der Waals surface area contributed by atoms with Gasteiger partial charge in [0.15, 0.2) is 5.13 Å². The fourth-order valence-electron chi connectivity index (χ4n) is 2.19. The van der Waals surface area contributed by atoms with Gasteiger partial charge in [-0.25, -0.2) is 9.97 Å². The molecule has 1 N–H and O–H groups in total. The Morgan fingerprint density at radius 1 is 1.23 bits per heavy atom. The normalized spacial score (nSPS) is 11.4. The molecule has 0 radical (unpaired) electrons. The third kappa shape index (κ3) is 3.23. The van der Waals surface area contributed by atoms with Crippen molar-refractivity contribution in [1.29, 1.82) is 0 Å². The summed E-state index contributed by atoms with van der Waals surface area (Å²) >= 11 is 3.05. The van der Waals surface area contributed by atoms with Crippen LogP contribution in [-0.4, -0.2) is 15.9 Å². The Bertz CT molecular complexity index is 877. The number of hydrogen-bond donors (Lipinski definition) is 1. The molecular weight excluding hydrogens is 314 g/mol. The summed E-state index contributed by atoms with van der Waals surface area (Å²) in [6.07, 6.45) is 3.19. The maximum atomic E-state index is 12.0. The van der Waals surface area contributed by atoms with E-state index in [1.165, 1.54) is 23.0 Å². The average molecular weight is 329 g/mol. The van der Waals surface area contributed by atoms with Crippen molar-refractivity contribution in [2.24, 2.45) is 0 Å². The predicted octanol–water partition coefficient (Wildman–Crippen LogP) is 4.33. The van der Waals surface area contributed by atoms with E-state index >= 15 is 0 Å². The molecular formula is C16H15N3OS2. The Labute approximate surface area is 136 Å². The number of aryl methyl sites for hydroxylation is 3. The van der Waals surface area contributed by atoms with Crippen LogP contribution in [0.3, 0.4) is 0 Å². The molecule has 0 aliphatic carbocycles. The van der Waals surface area contributed by atoms with Gasteiger partial charge < -0.3 is 0 Å². The smallest absolute Gasteiger partial charge is 0.250 e. The van der Waals surface area contributed by atoms with Crippen molar-refractivity contribution >= 4 is 50.0 Å². The van der Waals surface area contributed by atoms with Crippen LogP contribution in [0.5, 0.6) is 0 Å². The van der Waals surface area contributed by atoms with Gasteiger partial charge in [-0.1, -0.05) is 17.4 Å². The highest BCUT2D eigenvalue weighted by molar-refractivity contribution is 7.22. The number of thiazole rings is 2. The summed E-state index contributed by atoms with van der Waals surface area (Å²) in [5, 5.41) is 6.33. The van der Waals surface area contributed by atoms with Gasteiger partial charge in [0.25, 0.3) is 0 Å². The lowest BCUT2D eigenvalue weighted by atomic mass is 10.1. The summed E-state index contributed by atoms with van der Waals surface area (Å²) in [6.45, 7) is 6.03. The molecule has 4 nitrogen and oxygen atoms in total. The van der Waals surface area contributed by atoms with Crippen LogP contribution in [0.2, 0.25) is 0 Å². The number of aromatic nitrogens is 2. The number of hydrogen-bond acceptors (Lipinski definition) is 5. The van der Waals surface area contributed by atoms with Crippen molar-refractivity contribution in [2.75, 3.05) is 5.32 Å². The van der Waals surface area contributed by atoms with E-state index in [-0.39, 0.29) is 5.91 Å². The van der Waals surface area contributed by atoms with Crippen LogP contribution >= 0.6 is 22.7 Å². The van der Waals surface area contributed by atoms with Gasteiger partial charge in [0.05, 0.1) is 20.9 Å². The molecule has 0 saturated carbocycles. The van der Waals surface area contributed by atoms with Gasteiger partial charge in [0.1, 0.15) is 0 Å². The Morgan fingerprint density at radius 2 is 2.05 bits per heavy atom. The van der Waals surface area contributed by atoms with E-state index in [9.17, 15) is 4.79 Å². The number of fused-ring (bicyclic) bond motifs is 1. The molecule has 22 heavy (non-hydrogen) atoms. The number of nitrogens with zero attached hydrogens (tertiary/aromatic N) is 2. The third-order valence-corrected chi connectivity index (χ3v) is 4.81. The molecule has 0 aliphatic heterocycles. The van der Waals surface area contributed by atoms with Crippen molar-refractivity contribution in [3.63, 3.8) is 0 Å². The first kappa shape index (κ1) is 14.9. The van der Waals surface area contributed by atoms with E-state index in [0.717, 1.165) is 26.5 Å². The van der Waals surface area contributed by atoms with Gasteiger partial charge in [0, 0.05) is 11.5 Å². The number of amides is 1. The van der Waals surface area contributed by atoms with Crippen LogP contribution < -0.4 is 5.32 Å². The van der Waals surface area contributed by atoms with Crippen LogP contribution in [0.4, 0.5) is 5.13 Å². The molecule has 2 heterocycles. The van der Waals surface area contributed by atoms with Crippen molar-refractivity contribution in [1.82, 2.24) is 9.97 Å². The molecule has 0 atom stereocenters. The lowest BCUT2D eigenvalue weighted by Gasteiger charge is -1.96. The molecule has 0 saturated heterocycles. The quantitative estimate of drug-likeness (QED) is 0.728. The molecule has 0 spiro atoms. The average Bonchev–Trinajstić information content (AvgIpc) is 3.02. The minimum absolute atomic E-state index is 0.195. The molecule has 0 aliphatic rings. The SMILES string of the molecule is Cc1cc(C)c2nc(NC(=O)/C=C/c3csc(C)n3)sc2c1. The summed E-state index contributed by atoms with van der Waals surface area (Å²) in [4.78, 5) is 20.7. The van der Waals surface area contributed by atoms with E-state index in [1.807, 2.05) is 19.2 Å². The van der Waals surface area contributed by atoms with Crippen molar-refractivity contribution in [3.05, 3.63) is 45.4 Å². The summed E-state index contributed by atoms with van der Waals surface area (Å²) < 4.78 is 1.09. The van der Waals surface area contributed by atoms with Crippen LogP contribution in [0.15, 0.2) is 23.6 Å². The highest BCUT2D eigenvalue weighted by Gasteiger charge is 2.08. The molecule has 0 bridgehead atoms. The number of nitrogens with one attached hydrogen (secondary N) is 1. The molecule has 0 fully saturated rings. The van der Waals surface area contributed by atoms with E-state index in [2.05, 4.69) is 34.3 Å². The van der Waals surface area contributed by atoms with Gasteiger partial charge in [-0.2, -0.15) is 0 Å². The highest BCUT2D eigenvalue weighted by atomic mass is 32.1. The largest absolute Gasteiger partial charge is 0.298 e. The van der Waals surface area contributed by atoms with Gasteiger partial charge >= 0.3 is 0 Å². The summed E-state index contributed by atoms with van der Waals surface area (Å²) in [7, 11) is 0. The molecule has 3 aromatic rings. The van der Waals surface area contributed by atoms with Crippen molar-refractivity contribution < 1.29 is 4.79 Å². The number of benzene rings is 1. The molecule has 6 heteroatoms. The lowest BCUT2D eigenvalue weighted by Crippen LogP contribution is -2.07. The van der Waals surface area contributed by atoms with E-state index < -0.39 is 0 Å². The fraction of sp³-hybridized carbons (Fsp3) is 0.188. The fourth-order valence-corrected chi connectivity index (χ4v) is 3.81. The maximum absolute atomic E-state index is 12.0. The number of rotatable bonds is 3. The second-order valence-corrected chi connectivity index (χ2v) is 7.15. The predicted molar refractivity (Wildman–Crippen MR) is 93.6 cm³/mol. The first-order valence-corrected chi connectivity index (χ1v) is 8.50. The summed E-state index contributed by atoms with van der Waals surface area (Å²) in [6, 6.07) is 4.18. The Kier molecular flexibility index (Phi) is 4.04. The first-order chi connectivity index (χ1) is 10.5. The Hall–Kier alpha value is -2.05. The minimum Gasteiger partial charge on any atom is -0.298 e. The molecule has 1 aromatic carbocycles. The second kappa shape index (κ2) is 5.98. The standard InChI is InChI=1S/C16H15N3OS2/c1-9-6-10(2)15-13(7-9)22-16(19-15)18-14(20)5-4-12-8-21-11(3)17-12/h4-8H,1-3H3,(H,18,19,20)/b5-4+. The minimum atomic E-state index is -0.195. The zero-order valence-electron chi connectivity index (χ0n) is 12.5. The Balaban J connectivity index is 1.76. The molecule has 1 amide bonds. The van der Waals surface area contributed by atoms with Crippen molar-refractivity contribution in [2.45, 2.75) is 20.8 Å². The van der Waals surface area contributed by atoms with Gasteiger partial charge in [-0.3, -0.25) is 10.1 Å². The van der Waals surface area contributed by atoms with E-state index in [0.29, 0.717) is 5.13 Å². The van der Waals surface area contributed by atoms with Gasteiger partial charge in [-0.05, 0) is 44.0 Å². The summed E-state index contributed by atoms with van der Waals surface area (Å²) in [5.41, 5.74) is 4.07. The third-order valence-electron chi connectivity index (χ3n) is 3.10. The molecule has 3 rings (SSSR count). The van der Waals surface area contributed by atoms with E-state index in [4.69, 9.17) is 0 Å². The van der Waals surface area contributed by atoms with E-state index in [1.54, 1.807) is 17.4 Å². The Morgan fingerprint density at radius 3 is 2.77 bits per heavy atom. The number of carbonyl (C=O) groups is 1. The lowest BCUT2D eigenvalue weighted by molar-refractivity contribution is -0.111. The van der Waals surface area contributed by atoms with Crippen LogP contribution in [-0.2, 0) is 4.79 Å². The molecule has 0 unspecified atom stereocenters. The highest BCUT2D eigenvalue weighted by Crippen LogP contribution is 2.29. The van der Waals surface area contributed by atoms with Crippen LogP contribution in [0.25, 0.3) is 16.3 Å². The first-order valence-electron chi connectivity index (χ1n) is 6.80. The summed E-state index contributed by atoms with van der Waals surface area (Å²) in [5.74, 6) is -0.195. The second-order valence-electron chi connectivity index (χ2n) is 5.06. The zero-order valence-corrected chi connectivity index (χ0v) is 14.1. The zero-order chi connectivity index (χ0) is 15.7. The monoisotopic (exact) mass is 329 g/mol. The molecule has 2 aromatic heterocycles. The number of anilines is 1. The van der Waals surface area contributed by atoms with Gasteiger partial charge in [0.2, 0.25) is 5.91 Å². The van der Waals surface area contributed by atoms with Crippen LogP contribution in [0, 0.1) is 20.8 Å². The maximum Gasteiger partial charge on any atom is 0.250 e. The van der Waals surface area contributed by atoms with Gasteiger partial charge in [-0.15, -0.1) is 11.3 Å². The topological polar surface area (TPSA) is 54.9 Å². The molecule has 112 valence electrons.